The van der Waals surface area contributed by atoms with E-state index in [-0.39, 0.29) is 0 Å². The molecule has 2 nitrogen and oxygen atoms in total. The Bertz CT molecular complexity index is 160. The maximum atomic E-state index is 3.59. The van der Waals surface area contributed by atoms with E-state index in [2.05, 4.69) is 38.3 Å². The van der Waals surface area contributed by atoms with Crippen LogP contribution in [0, 0.1) is 11.3 Å². The molecule has 14 heavy (non-hydrogen) atoms. The third kappa shape index (κ3) is 4.97. The molecule has 0 amide bonds. The number of hydrogen-bond donors (Lipinski definition) is 2. The van der Waals surface area contributed by atoms with Crippen molar-refractivity contribution in [2.75, 3.05) is 19.6 Å². The summed E-state index contributed by atoms with van der Waals surface area (Å²) in [5, 5.41) is 7.08. The van der Waals surface area contributed by atoms with E-state index >= 15 is 0 Å². The summed E-state index contributed by atoms with van der Waals surface area (Å²) in [4.78, 5) is 0. The molecule has 2 N–H and O–H groups in total. The van der Waals surface area contributed by atoms with Gasteiger partial charge in [-0.2, -0.15) is 0 Å². The second-order valence-corrected chi connectivity index (χ2v) is 5.94. The van der Waals surface area contributed by atoms with Gasteiger partial charge in [0.05, 0.1) is 0 Å². The summed E-state index contributed by atoms with van der Waals surface area (Å²) in [6.07, 6.45) is 2.67. The average Bonchev–Trinajstić information content (AvgIpc) is 2.01. The Morgan fingerprint density at radius 2 is 2.07 bits per heavy atom. The fraction of sp³-hybridized carbons (Fsp3) is 1.00. The largest absolute Gasteiger partial charge is 0.316 e. The van der Waals surface area contributed by atoms with E-state index in [0.717, 1.165) is 12.5 Å². The van der Waals surface area contributed by atoms with Gasteiger partial charge in [-0.3, -0.25) is 0 Å². The van der Waals surface area contributed by atoms with E-state index in [1.54, 1.807) is 0 Å². The van der Waals surface area contributed by atoms with Gasteiger partial charge in [0.15, 0.2) is 0 Å². The van der Waals surface area contributed by atoms with Gasteiger partial charge < -0.3 is 10.6 Å². The Morgan fingerprint density at radius 1 is 1.36 bits per heavy atom. The molecule has 0 radical (unpaired) electrons. The van der Waals surface area contributed by atoms with Gasteiger partial charge in [-0.25, -0.2) is 0 Å². The van der Waals surface area contributed by atoms with Crippen LogP contribution in [0.3, 0.4) is 0 Å². The van der Waals surface area contributed by atoms with Crippen molar-refractivity contribution in [1.29, 1.82) is 0 Å². The van der Waals surface area contributed by atoms with E-state index < -0.39 is 0 Å². The molecule has 1 heterocycles. The van der Waals surface area contributed by atoms with E-state index in [1.807, 2.05) is 0 Å². The van der Waals surface area contributed by atoms with Crippen molar-refractivity contribution in [3.8, 4) is 0 Å². The van der Waals surface area contributed by atoms with Crippen molar-refractivity contribution >= 4 is 0 Å². The lowest BCUT2D eigenvalue weighted by Crippen LogP contribution is -2.40. The maximum absolute atomic E-state index is 3.59. The highest BCUT2D eigenvalue weighted by Crippen LogP contribution is 2.16. The lowest BCUT2D eigenvalue weighted by Gasteiger charge is -2.29. The van der Waals surface area contributed by atoms with Crippen molar-refractivity contribution in [2.24, 2.45) is 11.3 Å². The quantitative estimate of drug-likeness (QED) is 0.725. The van der Waals surface area contributed by atoms with Crippen LogP contribution in [0.2, 0.25) is 0 Å². The Balaban J connectivity index is 2.12. The van der Waals surface area contributed by atoms with Crippen molar-refractivity contribution < 1.29 is 0 Å². The standard InChI is InChI=1S/C12H26N2/c1-10-7-11(5-6-14-10)8-13-9-12(2,3)4/h10-11,13-14H,5-9H2,1-4H3. The highest BCUT2D eigenvalue weighted by Gasteiger charge is 2.18. The fourth-order valence-electron chi connectivity index (χ4n) is 2.07. The average molecular weight is 198 g/mol. The zero-order valence-corrected chi connectivity index (χ0v) is 10.2. The van der Waals surface area contributed by atoms with Crippen LogP contribution in [-0.4, -0.2) is 25.7 Å². The second kappa shape index (κ2) is 5.13. The Morgan fingerprint density at radius 3 is 2.64 bits per heavy atom. The van der Waals surface area contributed by atoms with Crippen molar-refractivity contribution in [1.82, 2.24) is 10.6 Å². The lowest BCUT2D eigenvalue weighted by molar-refractivity contribution is 0.287. The van der Waals surface area contributed by atoms with Gasteiger partial charge >= 0.3 is 0 Å². The molecule has 2 heteroatoms. The molecule has 0 aromatic rings. The number of rotatable bonds is 3. The molecular formula is C12H26N2. The summed E-state index contributed by atoms with van der Waals surface area (Å²) in [6.45, 7) is 12.7. The molecule has 0 saturated carbocycles. The molecule has 0 aromatic heterocycles. The van der Waals surface area contributed by atoms with Crippen molar-refractivity contribution in [3.63, 3.8) is 0 Å². The van der Waals surface area contributed by atoms with Crippen LogP contribution in [0.4, 0.5) is 0 Å². The minimum absolute atomic E-state index is 0.415. The SMILES string of the molecule is CC1CC(CNCC(C)(C)C)CCN1. The van der Waals surface area contributed by atoms with Crippen molar-refractivity contribution in [3.05, 3.63) is 0 Å². The second-order valence-electron chi connectivity index (χ2n) is 5.94. The van der Waals surface area contributed by atoms with Crippen LogP contribution in [0.5, 0.6) is 0 Å². The first-order valence-corrected chi connectivity index (χ1v) is 5.91. The molecule has 0 aliphatic carbocycles. The zero-order valence-electron chi connectivity index (χ0n) is 10.2. The molecule has 0 spiro atoms. The van der Waals surface area contributed by atoms with Crippen LogP contribution in [0.1, 0.15) is 40.5 Å². The molecule has 1 saturated heterocycles. The summed E-state index contributed by atoms with van der Waals surface area (Å²) in [7, 11) is 0. The van der Waals surface area contributed by atoms with E-state index in [9.17, 15) is 0 Å². The number of hydrogen-bond acceptors (Lipinski definition) is 2. The smallest absolute Gasteiger partial charge is 0.00418 e. The summed E-state index contributed by atoms with van der Waals surface area (Å²) in [5.41, 5.74) is 0.415. The minimum Gasteiger partial charge on any atom is -0.316 e. The van der Waals surface area contributed by atoms with Crippen LogP contribution < -0.4 is 10.6 Å². The third-order valence-electron chi connectivity index (χ3n) is 2.82. The van der Waals surface area contributed by atoms with Gasteiger partial charge in [0.2, 0.25) is 0 Å². The monoisotopic (exact) mass is 198 g/mol. The van der Waals surface area contributed by atoms with Crippen LogP contribution in [0.25, 0.3) is 0 Å². The minimum atomic E-state index is 0.415. The highest BCUT2D eigenvalue weighted by atomic mass is 14.9. The van der Waals surface area contributed by atoms with Gasteiger partial charge in [0.1, 0.15) is 0 Å². The Kier molecular flexibility index (Phi) is 4.39. The predicted octanol–water partition coefficient (Wildman–Crippen LogP) is 2.01. The van der Waals surface area contributed by atoms with Gasteiger partial charge in [0, 0.05) is 6.04 Å². The first-order valence-electron chi connectivity index (χ1n) is 5.91. The topological polar surface area (TPSA) is 24.1 Å². The highest BCUT2D eigenvalue weighted by molar-refractivity contribution is 4.77. The Hall–Kier alpha value is -0.0800. The molecule has 1 rings (SSSR count). The number of nitrogens with one attached hydrogen (secondary N) is 2. The van der Waals surface area contributed by atoms with Crippen LogP contribution in [-0.2, 0) is 0 Å². The molecule has 0 aromatic carbocycles. The molecule has 2 atom stereocenters. The predicted molar refractivity (Wildman–Crippen MR) is 62.5 cm³/mol. The zero-order chi connectivity index (χ0) is 10.6. The van der Waals surface area contributed by atoms with E-state index in [0.29, 0.717) is 11.5 Å². The molecule has 0 bridgehead atoms. The summed E-state index contributed by atoms with van der Waals surface area (Å²) >= 11 is 0. The molecule has 1 fully saturated rings. The van der Waals surface area contributed by atoms with Gasteiger partial charge in [-0.1, -0.05) is 20.8 Å². The molecule has 1 aliphatic heterocycles. The molecule has 1 aliphatic rings. The lowest BCUT2D eigenvalue weighted by atomic mass is 9.92. The summed E-state index contributed by atoms with van der Waals surface area (Å²) in [5.74, 6) is 0.883. The van der Waals surface area contributed by atoms with Crippen LogP contribution >= 0.6 is 0 Å². The molecular weight excluding hydrogens is 172 g/mol. The van der Waals surface area contributed by atoms with Gasteiger partial charge in [-0.05, 0) is 50.7 Å². The van der Waals surface area contributed by atoms with E-state index in [1.165, 1.54) is 25.9 Å². The normalized spacial score (nSPS) is 29.1. The maximum Gasteiger partial charge on any atom is 0.00418 e. The summed E-state index contributed by atoms with van der Waals surface area (Å²) < 4.78 is 0. The fourth-order valence-corrected chi connectivity index (χ4v) is 2.07. The van der Waals surface area contributed by atoms with Gasteiger partial charge in [-0.15, -0.1) is 0 Å². The number of piperidine rings is 1. The van der Waals surface area contributed by atoms with E-state index in [4.69, 9.17) is 0 Å². The van der Waals surface area contributed by atoms with Crippen LogP contribution in [0.15, 0.2) is 0 Å². The third-order valence-corrected chi connectivity index (χ3v) is 2.82. The van der Waals surface area contributed by atoms with Crippen molar-refractivity contribution in [2.45, 2.75) is 46.6 Å². The Labute approximate surface area is 88.8 Å². The first kappa shape index (κ1) is 12.0. The molecule has 84 valence electrons. The molecule has 2 unspecified atom stereocenters. The summed E-state index contributed by atoms with van der Waals surface area (Å²) in [6, 6.07) is 0.713. The van der Waals surface area contributed by atoms with Gasteiger partial charge in [0.25, 0.3) is 0 Å². The first-order chi connectivity index (χ1) is 6.47.